The molecule has 1 aromatic rings. The molecule has 0 radical (unpaired) electrons. The molecule has 0 amide bonds. The first-order valence-corrected chi connectivity index (χ1v) is 3.64. The summed E-state index contributed by atoms with van der Waals surface area (Å²) in [5.41, 5.74) is 1.19. The molecule has 1 aromatic carbocycles. The van der Waals surface area contributed by atoms with E-state index in [1.54, 1.807) is 6.11 Å². The second-order valence-corrected chi connectivity index (χ2v) is 2.39. The lowest BCUT2D eigenvalue weighted by Gasteiger charge is -2.00. The lowest BCUT2D eigenvalue weighted by Crippen LogP contribution is -1.93. The van der Waals surface area contributed by atoms with Crippen LogP contribution in [0, 0.1) is 19.0 Å². The Labute approximate surface area is 71.8 Å². The second-order valence-electron chi connectivity index (χ2n) is 2.39. The maximum atomic E-state index is 8.15. The third-order valence-corrected chi connectivity index (χ3v) is 1.41. The molecule has 1 N–H and O–H groups in total. The van der Waals surface area contributed by atoms with Crippen LogP contribution >= 0.6 is 0 Å². The SMILES string of the molecule is Cc1ccc(OCC#CO)cc1. The first-order valence-electron chi connectivity index (χ1n) is 3.64. The molecule has 2 heteroatoms. The number of aryl methyl sites for hydroxylation is 1. The van der Waals surface area contributed by atoms with Crippen LogP contribution in [0.4, 0.5) is 0 Å². The Kier molecular flexibility index (Phi) is 3.04. The maximum Gasteiger partial charge on any atom is 0.152 e. The predicted octanol–water partition coefficient (Wildman–Crippen LogP) is 1.71. The van der Waals surface area contributed by atoms with Crippen LogP contribution in [0.15, 0.2) is 24.3 Å². The van der Waals surface area contributed by atoms with Crippen LogP contribution in [-0.2, 0) is 0 Å². The van der Waals surface area contributed by atoms with Gasteiger partial charge < -0.3 is 9.84 Å². The molecule has 0 aromatic heterocycles. The molecule has 0 atom stereocenters. The number of ether oxygens (including phenoxy) is 1. The van der Waals surface area contributed by atoms with Crippen molar-refractivity contribution in [3.63, 3.8) is 0 Å². The molecule has 1 rings (SSSR count). The van der Waals surface area contributed by atoms with Crippen LogP contribution in [0.3, 0.4) is 0 Å². The number of hydrogen-bond donors (Lipinski definition) is 1. The van der Waals surface area contributed by atoms with Crippen LogP contribution in [-0.4, -0.2) is 11.7 Å². The average Bonchev–Trinajstić information content (AvgIpc) is 2.09. The summed E-state index contributed by atoms with van der Waals surface area (Å²) in [5.74, 6) is 3.16. The smallest absolute Gasteiger partial charge is 0.152 e. The molecule has 0 aliphatic heterocycles. The summed E-state index contributed by atoms with van der Waals surface area (Å²) in [5, 5.41) is 8.15. The lowest BCUT2D eigenvalue weighted by atomic mass is 10.2. The first kappa shape index (κ1) is 8.48. The summed E-state index contributed by atoms with van der Waals surface area (Å²) in [4.78, 5) is 0. The minimum Gasteiger partial charge on any atom is -0.481 e. The van der Waals surface area contributed by atoms with Crippen LogP contribution < -0.4 is 4.74 Å². The molecule has 0 aliphatic carbocycles. The van der Waals surface area contributed by atoms with Gasteiger partial charge in [-0.3, -0.25) is 0 Å². The summed E-state index contributed by atoms with van der Waals surface area (Å²) < 4.78 is 5.17. The van der Waals surface area contributed by atoms with Crippen molar-refractivity contribution in [3.05, 3.63) is 29.8 Å². The van der Waals surface area contributed by atoms with Crippen molar-refractivity contribution in [2.45, 2.75) is 6.92 Å². The van der Waals surface area contributed by atoms with Gasteiger partial charge in [0.05, 0.1) is 0 Å². The molecule has 0 bridgehead atoms. The van der Waals surface area contributed by atoms with Crippen molar-refractivity contribution in [2.75, 3.05) is 6.61 Å². The Morgan fingerprint density at radius 2 is 2.00 bits per heavy atom. The zero-order valence-electron chi connectivity index (χ0n) is 6.87. The highest BCUT2D eigenvalue weighted by molar-refractivity contribution is 5.26. The van der Waals surface area contributed by atoms with Crippen LogP contribution in [0.2, 0.25) is 0 Å². The topological polar surface area (TPSA) is 29.5 Å². The molecule has 0 spiro atoms. The average molecular weight is 162 g/mol. The third kappa shape index (κ3) is 2.55. The van der Waals surface area contributed by atoms with E-state index in [9.17, 15) is 0 Å². The minimum absolute atomic E-state index is 0.222. The van der Waals surface area contributed by atoms with Gasteiger partial charge in [0, 0.05) is 0 Å². The van der Waals surface area contributed by atoms with Gasteiger partial charge in [0.25, 0.3) is 0 Å². The molecule has 0 unspecified atom stereocenters. The fourth-order valence-electron chi connectivity index (χ4n) is 0.786. The van der Waals surface area contributed by atoms with Crippen LogP contribution in [0.1, 0.15) is 5.56 Å². The van der Waals surface area contributed by atoms with Gasteiger partial charge in [0.15, 0.2) is 6.61 Å². The van der Waals surface area contributed by atoms with Crippen molar-refractivity contribution < 1.29 is 9.84 Å². The van der Waals surface area contributed by atoms with Gasteiger partial charge in [0.2, 0.25) is 0 Å². The van der Waals surface area contributed by atoms with Crippen molar-refractivity contribution in [3.8, 4) is 17.8 Å². The van der Waals surface area contributed by atoms with Crippen molar-refractivity contribution >= 4 is 0 Å². The number of rotatable bonds is 2. The van der Waals surface area contributed by atoms with E-state index in [1.165, 1.54) is 5.56 Å². The van der Waals surface area contributed by atoms with Gasteiger partial charge in [0.1, 0.15) is 11.9 Å². The van der Waals surface area contributed by atoms with Gasteiger partial charge in [-0.25, -0.2) is 0 Å². The highest BCUT2D eigenvalue weighted by atomic mass is 16.5. The Bertz CT molecular complexity index is 290. The number of benzene rings is 1. The molecule has 0 heterocycles. The van der Waals surface area contributed by atoms with E-state index in [0.717, 1.165) is 5.75 Å². The summed E-state index contributed by atoms with van der Waals surface area (Å²) in [6.45, 7) is 2.23. The van der Waals surface area contributed by atoms with E-state index < -0.39 is 0 Å². The van der Waals surface area contributed by atoms with Gasteiger partial charge in [-0.1, -0.05) is 17.7 Å². The molecule has 12 heavy (non-hydrogen) atoms. The van der Waals surface area contributed by atoms with Gasteiger partial charge in [-0.2, -0.15) is 0 Å². The van der Waals surface area contributed by atoms with Gasteiger partial charge >= 0.3 is 0 Å². The van der Waals surface area contributed by atoms with Crippen molar-refractivity contribution in [1.29, 1.82) is 0 Å². The van der Waals surface area contributed by atoms with Crippen LogP contribution in [0.25, 0.3) is 0 Å². The zero-order chi connectivity index (χ0) is 8.81. The number of aliphatic hydroxyl groups is 1. The minimum atomic E-state index is 0.222. The molecular formula is C10H10O2. The molecule has 0 aliphatic rings. The highest BCUT2D eigenvalue weighted by Crippen LogP contribution is 2.10. The van der Waals surface area contributed by atoms with E-state index in [-0.39, 0.29) is 6.61 Å². The largest absolute Gasteiger partial charge is 0.481 e. The van der Waals surface area contributed by atoms with E-state index in [0.29, 0.717) is 0 Å². The monoisotopic (exact) mass is 162 g/mol. The summed E-state index contributed by atoms with van der Waals surface area (Å²) in [6.07, 6.45) is 1.77. The fourth-order valence-corrected chi connectivity index (χ4v) is 0.786. The van der Waals surface area contributed by atoms with Crippen molar-refractivity contribution in [1.82, 2.24) is 0 Å². The van der Waals surface area contributed by atoms with Gasteiger partial charge in [-0.15, -0.1) is 0 Å². The van der Waals surface area contributed by atoms with E-state index in [1.807, 2.05) is 31.2 Å². The molecule has 0 fully saturated rings. The third-order valence-electron chi connectivity index (χ3n) is 1.41. The van der Waals surface area contributed by atoms with Crippen molar-refractivity contribution in [2.24, 2.45) is 0 Å². The molecule has 0 saturated heterocycles. The quantitative estimate of drug-likeness (QED) is 0.671. The van der Waals surface area contributed by atoms with Gasteiger partial charge in [-0.05, 0) is 25.0 Å². The Morgan fingerprint density at radius 1 is 1.33 bits per heavy atom. The van der Waals surface area contributed by atoms with E-state index in [4.69, 9.17) is 9.84 Å². The Hall–Kier alpha value is -1.62. The zero-order valence-corrected chi connectivity index (χ0v) is 6.87. The normalized spacial score (nSPS) is 8.42. The standard InChI is InChI=1S/C10H10O2/c1-9-3-5-10(6-4-9)12-8-2-7-11/h3-6,11H,8H2,1H3. The van der Waals surface area contributed by atoms with E-state index >= 15 is 0 Å². The second kappa shape index (κ2) is 4.30. The van der Waals surface area contributed by atoms with Crippen LogP contribution in [0.5, 0.6) is 5.75 Å². The molecule has 0 saturated carbocycles. The highest BCUT2D eigenvalue weighted by Gasteiger charge is 1.89. The molecule has 62 valence electrons. The summed E-state index contributed by atoms with van der Waals surface area (Å²) in [7, 11) is 0. The summed E-state index contributed by atoms with van der Waals surface area (Å²) >= 11 is 0. The number of hydrogen-bond acceptors (Lipinski definition) is 2. The first-order chi connectivity index (χ1) is 5.83. The Morgan fingerprint density at radius 3 is 2.58 bits per heavy atom. The maximum absolute atomic E-state index is 8.15. The fraction of sp³-hybridized carbons (Fsp3) is 0.200. The van der Waals surface area contributed by atoms with E-state index in [2.05, 4.69) is 5.92 Å². The number of aliphatic hydroxyl groups excluding tert-OH is 1. The predicted molar refractivity (Wildman–Crippen MR) is 46.4 cm³/mol. The molecular weight excluding hydrogens is 152 g/mol. The Balaban J connectivity index is 2.51. The summed E-state index contributed by atoms with van der Waals surface area (Å²) in [6, 6.07) is 7.66. The lowest BCUT2D eigenvalue weighted by molar-refractivity contribution is 0.368. The molecule has 2 nitrogen and oxygen atoms in total.